The summed E-state index contributed by atoms with van der Waals surface area (Å²) >= 11 is 0. The molecule has 0 amide bonds. The normalized spacial score (nSPS) is 14.1. The molecular weight excluding hydrogens is 953 g/mol. The number of anilines is 2. The Balaban J connectivity index is 0.000000184. The number of nitrogens with zero attached hydrogens (tertiary/aromatic N) is 12. The number of aromatic amines is 2. The predicted molar refractivity (Wildman–Crippen MR) is 284 cm³/mol. The number of benzene rings is 2. The molecule has 2 aromatic carbocycles. The van der Waals surface area contributed by atoms with E-state index in [0.717, 1.165) is 119 Å². The van der Waals surface area contributed by atoms with Crippen LogP contribution in [0.5, 0.6) is 0 Å². The van der Waals surface area contributed by atoms with Gasteiger partial charge in [-0.15, -0.1) is 0 Å². The topological polar surface area (TPSA) is 209 Å². The first kappa shape index (κ1) is 51.4. The summed E-state index contributed by atoms with van der Waals surface area (Å²) in [5.41, 5.74) is 8.28. The zero-order valence-electron chi connectivity index (χ0n) is 42.8. The van der Waals surface area contributed by atoms with E-state index in [1.54, 1.807) is 52.5 Å². The molecular formula is C55H60N14O6. The number of hydrogen-bond acceptors (Lipinski definition) is 16. The van der Waals surface area contributed by atoms with Crippen LogP contribution in [-0.2, 0) is 22.3 Å². The van der Waals surface area contributed by atoms with E-state index in [-0.39, 0.29) is 24.7 Å². The minimum Gasteiger partial charge on any atom is -0.460 e. The molecule has 0 radical (unpaired) electrons. The van der Waals surface area contributed by atoms with Crippen LogP contribution < -0.4 is 9.80 Å². The van der Waals surface area contributed by atoms with Gasteiger partial charge in [0.25, 0.3) is 0 Å². The van der Waals surface area contributed by atoms with Gasteiger partial charge in [0.2, 0.25) is 35.2 Å². The number of fused-ring (bicyclic) bond motifs is 2. The van der Waals surface area contributed by atoms with E-state index in [1.807, 2.05) is 36.4 Å². The zero-order valence-corrected chi connectivity index (χ0v) is 42.8. The molecule has 2 aliphatic heterocycles. The average molecular weight is 1010 g/mol. The van der Waals surface area contributed by atoms with Crippen molar-refractivity contribution in [3.05, 3.63) is 130 Å². The number of carbonyl (C=O) groups excluding carboxylic acids is 2. The first-order valence-corrected chi connectivity index (χ1v) is 25.4. The molecule has 8 heterocycles. The van der Waals surface area contributed by atoms with Crippen molar-refractivity contribution in [2.45, 2.75) is 59.8 Å². The van der Waals surface area contributed by atoms with E-state index < -0.39 is 11.9 Å². The van der Waals surface area contributed by atoms with Crippen LogP contribution in [0.2, 0.25) is 0 Å². The van der Waals surface area contributed by atoms with E-state index >= 15 is 0 Å². The molecule has 8 aromatic rings. The van der Waals surface area contributed by atoms with Gasteiger partial charge in [-0.3, -0.25) is 9.80 Å². The third kappa shape index (κ3) is 12.3. The number of esters is 2. The quantitative estimate of drug-likeness (QED) is 0.0495. The standard InChI is InChI=1S/C28H31N7O3.C27H29N7O3/c1-4-37-27(36)25-19(2)33-26(38-25)21-17-31-28(32-18-21)35-13-11-34(12-14-35)10-6-5-7-20-16-30-24-9-8-22(29-3)15-23(20)24;1-4-36-26(35)24-18(2)32-25(37-24)20-16-30-27(31-17-20)34-12-10-33(11-13-34)9-5-6-19-15-29-23-8-7-21(28-3)14-22(19)23/h8-9,15-18,30H,4-7,10-14H2,1-2H3;7-8,14-17,29H,4-6,9-13H2,1-2H3. The Kier molecular flexibility index (Phi) is 16.5. The van der Waals surface area contributed by atoms with E-state index in [4.69, 9.17) is 31.5 Å². The van der Waals surface area contributed by atoms with Crippen LogP contribution >= 0.6 is 0 Å². The molecule has 20 heteroatoms. The van der Waals surface area contributed by atoms with Crippen molar-refractivity contribution in [1.82, 2.24) is 49.7 Å². The molecule has 2 saturated heterocycles. The third-order valence-electron chi connectivity index (χ3n) is 13.4. The fourth-order valence-electron chi connectivity index (χ4n) is 9.37. The van der Waals surface area contributed by atoms with E-state index in [2.05, 4.69) is 81.6 Å². The number of aromatic nitrogens is 8. The first-order chi connectivity index (χ1) is 36.6. The largest absolute Gasteiger partial charge is 0.460 e. The van der Waals surface area contributed by atoms with Crippen LogP contribution in [0.4, 0.5) is 23.3 Å². The van der Waals surface area contributed by atoms with Crippen molar-refractivity contribution >= 4 is 57.0 Å². The number of nitrogens with one attached hydrogen (secondary N) is 2. The van der Waals surface area contributed by atoms with Crippen LogP contribution in [0.25, 0.3) is 54.4 Å². The van der Waals surface area contributed by atoms with Crippen LogP contribution in [0.15, 0.2) is 82.4 Å². The summed E-state index contributed by atoms with van der Waals surface area (Å²) in [4.78, 5) is 73.8. The van der Waals surface area contributed by atoms with Gasteiger partial charge in [0.15, 0.2) is 11.4 Å². The Morgan fingerprint density at radius 3 is 1.43 bits per heavy atom. The van der Waals surface area contributed by atoms with Crippen LogP contribution in [-0.4, -0.2) is 140 Å². The predicted octanol–water partition coefficient (Wildman–Crippen LogP) is 9.20. The first-order valence-electron chi connectivity index (χ1n) is 25.4. The number of carbonyl (C=O) groups is 2. The molecule has 2 N–H and O–H groups in total. The monoisotopic (exact) mass is 1010 g/mol. The second-order valence-corrected chi connectivity index (χ2v) is 18.4. The van der Waals surface area contributed by atoms with Crippen LogP contribution in [0, 0.1) is 27.0 Å². The molecule has 386 valence electrons. The number of hydrogen-bond donors (Lipinski definition) is 2. The maximum atomic E-state index is 12.0. The van der Waals surface area contributed by atoms with Crippen molar-refractivity contribution < 1.29 is 27.9 Å². The molecule has 0 spiro atoms. The third-order valence-corrected chi connectivity index (χ3v) is 13.4. The Morgan fingerprint density at radius 2 is 1.01 bits per heavy atom. The number of H-pyrrole nitrogens is 2. The molecule has 0 unspecified atom stereocenters. The number of unbranched alkanes of at least 4 members (excludes halogenated alkanes) is 1. The van der Waals surface area contributed by atoms with Gasteiger partial charge in [0.1, 0.15) is 0 Å². The van der Waals surface area contributed by atoms with Crippen molar-refractivity contribution in [1.29, 1.82) is 0 Å². The number of oxazole rings is 2. The molecule has 0 saturated carbocycles. The van der Waals surface area contributed by atoms with E-state index in [1.165, 1.54) is 11.1 Å². The van der Waals surface area contributed by atoms with Gasteiger partial charge in [-0.2, -0.15) is 0 Å². The molecule has 10 rings (SSSR count). The summed E-state index contributed by atoms with van der Waals surface area (Å²) < 4.78 is 21.2. The lowest BCUT2D eigenvalue weighted by molar-refractivity contribution is 0.0481. The highest BCUT2D eigenvalue weighted by atomic mass is 16.5. The van der Waals surface area contributed by atoms with Crippen molar-refractivity contribution in [3.8, 4) is 22.9 Å². The van der Waals surface area contributed by atoms with Gasteiger partial charge in [0.05, 0.1) is 48.9 Å². The fourth-order valence-corrected chi connectivity index (χ4v) is 9.37. The van der Waals surface area contributed by atoms with Crippen molar-refractivity contribution in [2.75, 3.05) is 88.5 Å². The molecule has 2 aliphatic rings. The van der Waals surface area contributed by atoms with Gasteiger partial charge in [-0.25, -0.2) is 49.2 Å². The Bertz CT molecular complexity index is 3310. The van der Waals surface area contributed by atoms with Gasteiger partial charge < -0.3 is 38.1 Å². The molecule has 6 aromatic heterocycles. The number of piperazine rings is 2. The van der Waals surface area contributed by atoms with Crippen LogP contribution in [0.3, 0.4) is 0 Å². The van der Waals surface area contributed by atoms with E-state index in [0.29, 0.717) is 57.6 Å². The average Bonchev–Trinajstić information content (AvgIpc) is 4.25. The lowest BCUT2D eigenvalue weighted by Gasteiger charge is -2.34. The zero-order chi connectivity index (χ0) is 52.3. The molecule has 0 bridgehead atoms. The summed E-state index contributed by atoms with van der Waals surface area (Å²) in [5, 5.41) is 2.31. The molecule has 2 fully saturated rings. The lowest BCUT2D eigenvalue weighted by Crippen LogP contribution is -2.47. The van der Waals surface area contributed by atoms with Crippen LogP contribution in [0.1, 0.15) is 76.7 Å². The number of aryl methyl sites for hydroxylation is 4. The van der Waals surface area contributed by atoms with Gasteiger partial charge >= 0.3 is 11.9 Å². The summed E-state index contributed by atoms with van der Waals surface area (Å²) in [6.07, 6.45) is 16.1. The summed E-state index contributed by atoms with van der Waals surface area (Å²) in [6.45, 7) is 31.3. The lowest BCUT2D eigenvalue weighted by atomic mass is 10.1. The van der Waals surface area contributed by atoms with E-state index in [9.17, 15) is 9.59 Å². The maximum Gasteiger partial charge on any atom is 0.376 e. The van der Waals surface area contributed by atoms with Gasteiger partial charge in [-0.05, 0) is 119 Å². The smallest absolute Gasteiger partial charge is 0.376 e. The summed E-state index contributed by atoms with van der Waals surface area (Å²) in [5.74, 6) is 1.13. The maximum absolute atomic E-state index is 12.0. The summed E-state index contributed by atoms with van der Waals surface area (Å²) in [6, 6.07) is 11.6. The SMILES string of the molecule is [C-]#[N+]c1ccc2[nH]cc(CCCCN3CCN(c4ncc(-c5nc(C)c(C(=O)OCC)o5)cn4)CC3)c2c1.[C-]#[N+]c1ccc2[nH]cc(CCCN3CCN(c4ncc(-c5nc(C)c(C(=O)OCC)o5)cn4)CC3)c2c1. The Labute approximate surface area is 434 Å². The van der Waals surface area contributed by atoms with Crippen molar-refractivity contribution in [3.63, 3.8) is 0 Å². The highest BCUT2D eigenvalue weighted by Crippen LogP contribution is 2.28. The highest BCUT2D eigenvalue weighted by molar-refractivity contribution is 5.89. The Hall–Kier alpha value is -8.46. The number of ether oxygens (including phenoxy) is 2. The molecule has 0 aliphatic carbocycles. The minimum absolute atomic E-state index is 0.106. The summed E-state index contributed by atoms with van der Waals surface area (Å²) in [7, 11) is 0. The molecule has 0 atom stereocenters. The minimum atomic E-state index is -0.523. The van der Waals surface area contributed by atoms with Crippen molar-refractivity contribution in [2.24, 2.45) is 0 Å². The number of rotatable bonds is 17. The molecule has 75 heavy (non-hydrogen) atoms. The Morgan fingerprint density at radius 1 is 0.600 bits per heavy atom. The van der Waals surface area contributed by atoms with Gasteiger partial charge in [-0.1, -0.05) is 12.1 Å². The van der Waals surface area contributed by atoms with Gasteiger partial charge in [0, 0.05) is 101 Å². The second kappa shape index (κ2) is 24.1. The fraction of sp³-hybridized carbons (Fsp3) is 0.382. The molecule has 20 nitrogen and oxygen atoms in total. The highest BCUT2D eigenvalue weighted by Gasteiger charge is 2.24. The second-order valence-electron chi connectivity index (χ2n) is 18.4.